The van der Waals surface area contributed by atoms with Gasteiger partial charge in [0.25, 0.3) is 5.91 Å². The topological polar surface area (TPSA) is 53.3 Å². The van der Waals surface area contributed by atoms with Gasteiger partial charge in [-0.05, 0) is 24.3 Å². The lowest BCUT2D eigenvalue weighted by Crippen LogP contribution is -2.35. The van der Waals surface area contributed by atoms with Crippen LogP contribution in [0, 0.1) is 11.3 Å². The molecule has 0 unspecified atom stereocenters. The van der Waals surface area contributed by atoms with Gasteiger partial charge in [0.1, 0.15) is 12.3 Å². The summed E-state index contributed by atoms with van der Waals surface area (Å²) in [5, 5.41) is 8.85. The SMILES string of the molecule is N#CCN(C(=O)COc1ccccc1)c1ccccc1. The molecule has 0 heterocycles. The second kappa shape index (κ2) is 6.95. The van der Waals surface area contributed by atoms with E-state index >= 15 is 0 Å². The Morgan fingerprint density at radius 2 is 1.65 bits per heavy atom. The average molecular weight is 266 g/mol. The minimum atomic E-state index is -0.249. The molecule has 4 nitrogen and oxygen atoms in total. The number of rotatable bonds is 5. The van der Waals surface area contributed by atoms with Crippen molar-refractivity contribution in [2.24, 2.45) is 0 Å². The van der Waals surface area contributed by atoms with Gasteiger partial charge in [0.05, 0.1) is 6.07 Å². The standard InChI is InChI=1S/C16H14N2O2/c17-11-12-18(14-7-3-1-4-8-14)16(19)13-20-15-9-5-2-6-10-15/h1-10H,12-13H2. The lowest BCUT2D eigenvalue weighted by atomic mass is 10.3. The third kappa shape index (κ3) is 3.59. The molecule has 0 aliphatic carbocycles. The number of carbonyl (C=O) groups excluding carboxylic acids is 1. The molecular formula is C16H14N2O2. The Morgan fingerprint density at radius 1 is 1.05 bits per heavy atom. The molecule has 1 amide bonds. The number of para-hydroxylation sites is 2. The van der Waals surface area contributed by atoms with E-state index in [2.05, 4.69) is 0 Å². The summed E-state index contributed by atoms with van der Waals surface area (Å²) in [4.78, 5) is 13.6. The number of amides is 1. The molecule has 0 aliphatic heterocycles. The van der Waals surface area contributed by atoms with Gasteiger partial charge in [-0.15, -0.1) is 0 Å². The Bertz CT molecular complexity index is 591. The normalized spacial score (nSPS) is 9.55. The van der Waals surface area contributed by atoms with Crippen LogP contribution in [-0.4, -0.2) is 19.1 Å². The highest BCUT2D eigenvalue weighted by Crippen LogP contribution is 2.14. The van der Waals surface area contributed by atoms with Crippen molar-refractivity contribution < 1.29 is 9.53 Å². The fourth-order valence-corrected chi connectivity index (χ4v) is 1.74. The van der Waals surface area contributed by atoms with Crippen molar-refractivity contribution >= 4 is 11.6 Å². The van der Waals surface area contributed by atoms with Crippen molar-refractivity contribution in [1.82, 2.24) is 0 Å². The summed E-state index contributed by atoms with van der Waals surface area (Å²) >= 11 is 0. The van der Waals surface area contributed by atoms with Crippen molar-refractivity contribution in [2.75, 3.05) is 18.1 Å². The molecule has 0 spiro atoms. The molecule has 2 aromatic rings. The zero-order valence-corrected chi connectivity index (χ0v) is 10.9. The number of hydrogen-bond acceptors (Lipinski definition) is 3. The molecule has 4 heteroatoms. The van der Waals surface area contributed by atoms with E-state index in [1.165, 1.54) is 4.90 Å². The van der Waals surface area contributed by atoms with Gasteiger partial charge in [-0.3, -0.25) is 9.69 Å². The first-order valence-corrected chi connectivity index (χ1v) is 6.21. The second-order valence-electron chi connectivity index (χ2n) is 4.08. The number of nitrogens with zero attached hydrogens (tertiary/aromatic N) is 2. The van der Waals surface area contributed by atoms with Crippen LogP contribution < -0.4 is 9.64 Å². The third-order valence-corrected chi connectivity index (χ3v) is 2.70. The summed E-state index contributed by atoms with van der Waals surface area (Å²) in [6, 6.07) is 20.2. The fraction of sp³-hybridized carbons (Fsp3) is 0.125. The van der Waals surface area contributed by atoms with Crippen LogP contribution in [0.15, 0.2) is 60.7 Å². The maximum absolute atomic E-state index is 12.2. The first-order chi connectivity index (χ1) is 9.81. The zero-order chi connectivity index (χ0) is 14.2. The van der Waals surface area contributed by atoms with E-state index in [0.29, 0.717) is 11.4 Å². The van der Waals surface area contributed by atoms with Gasteiger partial charge in [-0.2, -0.15) is 5.26 Å². The zero-order valence-electron chi connectivity index (χ0n) is 10.9. The summed E-state index contributed by atoms with van der Waals surface area (Å²) in [7, 11) is 0. The quantitative estimate of drug-likeness (QED) is 0.782. The molecule has 0 aromatic heterocycles. The van der Waals surface area contributed by atoms with Gasteiger partial charge in [0.2, 0.25) is 0 Å². The number of anilines is 1. The van der Waals surface area contributed by atoms with Gasteiger partial charge >= 0.3 is 0 Å². The van der Waals surface area contributed by atoms with Crippen LogP contribution in [0.1, 0.15) is 0 Å². The van der Waals surface area contributed by atoms with Crippen LogP contribution in [0.25, 0.3) is 0 Å². The minimum Gasteiger partial charge on any atom is -0.484 e. The number of nitriles is 1. The first-order valence-electron chi connectivity index (χ1n) is 6.21. The van der Waals surface area contributed by atoms with E-state index < -0.39 is 0 Å². The van der Waals surface area contributed by atoms with Crippen LogP contribution in [0.5, 0.6) is 5.75 Å². The molecular weight excluding hydrogens is 252 g/mol. The predicted molar refractivity (Wildman–Crippen MR) is 76.3 cm³/mol. The van der Waals surface area contributed by atoms with Gasteiger partial charge in [0, 0.05) is 5.69 Å². The molecule has 2 aromatic carbocycles. The Labute approximate surface area is 117 Å². The van der Waals surface area contributed by atoms with Gasteiger partial charge in [0.15, 0.2) is 6.61 Å². The van der Waals surface area contributed by atoms with Gasteiger partial charge in [-0.1, -0.05) is 36.4 Å². The van der Waals surface area contributed by atoms with Crippen molar-refractivity contribution in [3.05, 3.63) is 60.7 Å². The monoisotopic (exact) mass is 266 g/mol. The van der Waals surface area contributed by atoms with E-state index in [-0.39, 0.29) is 19.1 Å². The van der Waals surface area contributed by atoms with Crippen LogP contribution in [0.2, 0.25) is 0 Å². The lowest BCUT2D eigenvalue weighted by molar-refractivity contribution is -0.120. The van der Waals surface area contributed by atoms with Crippen molar-refractivity contribution in [3.8, 4) is 11.8 Å². The molecule has 0 fully saturated rings. The van der Waals surface area contributed by atoms with E-state index in [9.17, 15) is 4.79 Å². The first kappa shape index (κ1) is 13.6. The Kier molecular flexibility index (Phi) is 4.74. The maximum atomic E-state index is 12.2. The molecule has 20 heavy (non-hydrogen) atoms. The van der Waals surface area contributed by atoms with Crippen molar-refractivity contribution in [3.63, 3.8) is 0 Å². The highest BCUT2D eigenvalue weighted by atomic mass is 16.5. The van der Waals surface area contributed by atoms with Crippen LogP contribution >= 0.6 is 0 Å². The predicted octanol–water partition coefficient (Wildman–Crippen LogP) is 2.62. The number of benzene rings is 2. The summed E-state index contributed by atoms with van der Waals surface area (Å²) < 4.78 is 5.42. The summed E-state index contributed by atoms with van der Waals surface area (Å²) in [6.45, 7) is -0.0957. The van der Waals surface area contributed by atoms with E-state index in [1.807, 2.05) is 42.5 Å². The Morgan fingerprint density at radius 3 is 2.25 bits per heavy atom. The fourth-order valence-electron chi connectivity index (χ4n) is 1.74. The average Bonchev–Trinajstić information content (AvgIpc) is 2.52. The molecule has 2 rings (SSSR count). The second-order valence-corrected chi connectivity index (χ2v) is 4.08. The van der Waals surface area contributed by atoms with E-state index in [1.54, 1.807) is 24.3 Å². The molecule has 0 aliphatic rings. The molecule has 0 atom stereocenters. The maximum Gasteiger partial charge on any atom is 0.265 e. The molecule has 0 bridgehead atoms. The van der Waals surface area contributed by atoms with Crippen LogP contribution in [0.4, 0.5) is 5.69 Å². The van der Waals surface area contributed by atoms with E-state index in [0.717, 1.165) is 0 Å². The molecule has 0 saturated heterocycles. The van der Waals surface area contributed by atoms with Crippen LogP contribution in [0.3, 0.4) is 0 Å². The van der Waals surface area contributed by atoms with Gasteiger partial charge < -0.3 is 4.74 Å². The molecule has 0 N–H and O–H groups in total. The third-order valence-electron chi connectivity index (χ3n) is 2.70. The summed E-state index contributed by atoms with van der Waals surface area (Å²) in [5.41, 5.74) is 0.690. The molecule has 0 radical (unpaired) electrons. The van der Waals surface area contributed by atoms with E-state index in [4.69, 9.17) is 10.00 Å². The number of carbonyl (C=O) groups is 1. The highest BCUT2D eigenvalue weighted by molar-refractivity contribution is 5.94. The Balaban J connectivity index is 2.03. The largest absolute Gasteiger partial charge is 0.484 e. The summed E-state index contributed by atoms with van der Waals surface area (Å²) in [6.07, 6.45) is 0. The van der Waals surface area contributed by atoms with Crippen molar-refractivity contribution in [2.45, 2.75) is 0 Å². The van der Waals surface area contributed by atoms with Crippen LogP contribution in [-0.2, 0) is 4.79 Å². The van der Waals surface area contributed by atoms with Crippen molar-refractivity contribution in [1.29, 1.82) is 5.26 Å². The smallest absolute Gasteiger partial charge is 0.265 e. The molecule has 0 saturated carbocycles. The summed E-state index contributed by atoms with van der Waals surface area (Å²) in [5.74, 6) is 0.382. The minimum absolute atomic E-state index is 0.000988. The van der Waals surface area contributed by atoms with Gasteiger partial charge in [-0.25, -0.2) is 0 Å². The highest BCUT2D eigenvalue weighted by Gasteiger charge is 2.15. The molecule has 100 valence electrons. The lowest BCUT2D eigenvalue weighted by Gasteiger charge is -2.19. The number of hydrogen-bond donors (Lipinski definition) is 0. The Hall–Kier alpha value is -2.80. The number of ether oxygens (including phenoxy) is 1.